The van der Waals surface area contributed by atoms with Crippen LogP contribution in [0.1, 0.15) is 175 Å². The van der Waals surface area contributed by atoms with Crippen LogP contribution in [0.25, 0.3) is 6.08 Å². The van der Waals surface area contributed by atoms with E-state index in [1.54, 1.807) is 0 Å². The molecule has 0 aliphatic heterocycles. The number of Topliss-reactive ketones (excluding diaryl/α,β-unsaturated/α-hetero) is 1. The molecule has 1 aromatic rings. The number of ketones is 1. The Morgan fingerprint density at radius 2 is 1.19 bits per heavy atom. The number of allylic oxidation sites excluding steroid dienone is 1. The van der Waals surface area contributed by atoms with E-state index in [2.05, 4.69) is 200 Å². The maximum absolute atomic E-state index is 15.6. The largest absolute Gasteiger partial charge is 0.417 e. The summed E-state index contributed by atoms with van der Waals surface area (Å²) in [5.41, 5.74) is 2.83. The molecule has 0 aliphatic rings. The smallest absolute Gasteiger partial charge is 0.192 e. The number of hydrogen-bond donors (Lipinski definition) is 0. The van der Waals surface area contributed by atoms with Gasteiger partial charge in [-0.3, -0.25) is 9.78 Å². The lowest BCUT2D eigenvalue weighted by Crippen LogP contribution is -2.55. The molecule has 0 bridgehead atoms. The summed E-state index contributed by atoms with van der Waals surface area (Å²) in [6.45, 7) is 60.3. The van der Waals surface area contributed by atoms with E-state index >= 15 is 4.79 Å². The average Bonchev–Trinajstić information content (AvgIpc) is 3.12. The van der Waals surface area contributed by atoms with E-state index in [-0.39, 0.29) is 50.3 Å². The van der Waals surface area contributed by atoms with Gasteiger partial charge in [0.1, 0.15) is 5.78 Å². The summed E-state index contributed by atoms with van der Waals surface area (Å²) in [6.07, 6.45) is 12.3. The third-order valence-corrected chi connectivity index (χ3v) is 34.2. The van der Waals surface area contributed by atoms with E-state index in [4.69, 9.17) is 17.7 Å². The zero-order chi connectivity index (χ0) is 50.1. The van der Waals surface area contributed by atoms with Crippen LogP contribution in [0.4, 0.5) is 0 Å². The molecule has 0 fully saturated rings. The van der Waals surface area contributed by atoms with Crippen LogP contribution >= 0.6 is 0 Å². The minimum atomic E-state index is -2.26. The van der Waals surface area contributed by atoms with Crippen LogP contribution in [0, 0.1) is 17.3 Å². The van der Waals surface area contributed by atoms with Crippen molar-refractivity contribution in [3.8, 4) is 0 Å². The summed E-state index contributed by atoms with van der Waals surface area (Å²) in [5, 5.41) is 0.243. The fourth-order valence-electron chi connectivity index (χ4n) is 7.17. The zero-order valence-corrected chi connectivity index (χ0v) is 51.0. The number of hydrogen-bond acceptors (Lipinski definition) is 6. The number of carbonyl (C=O) groups is 1. The summed E-state index contributed by atoms with van der Waals surface area (Å²) >= 11 is 0. The Balaban J connectivity index is 3.60. The van der Waals surface area contributed by atoms with Gasteiger partial charge < -0.3 is 17.7 Å². The second kappa shape index (κ2) is 23.5. The monoisotopic (exact) mass is 960 g/mol. The number of pyridine rings is 1. The first-order chi connectivity index (χ1) is 28.6. The molecule has 1 rings (SSSR count). The predicted octanol–water partition coefficient (Wildman–Crippen LogP) is 17.2. The van der Waals surface area contributed by atoms with Crippen molar-refractivity contribution >= 4 is 45.1 Å². The van der Waals surface area contributed by atoms with Crippen LogP contribution in [-0.2, 0) is 22.5 Å². The summed E-state index contributed by atoms with van der Waals surface area (Å²) < 4.78 is 28.7. The fourth-order valence-corrected chi connectivity index (χ4v) is 12.5. The highest BCUT2D eigenvalue weighted by atomic mass is 28.4. The predicted molar refractivity (Wildman–Crippen MR) is 290 cm³/mol. The summed E-state index contributed by atoms with van der Waals surface area (Å²) in [4.78, 5) is 20.2. The number of nitrogens with zero attached hydrogens (tertiary/aromatic N) is 1. The molecule has 0 aromatic carbocycles. The minimum absolute atomic E-state index is 0.00799. The summed E-state index contributed by atoms with van der Waals surface area (Å²) in [6, 6.07) is 6.06. The maximum Gasteiger partial charge on any atom is 0.192 e. The van der Waals surface area contributed by atoms with Crippen LogP contribution in [0.3, 0.4) is 0 Å². The fraction of sp³-hybridized carbons (Fsp3) is 0.815. The zero-order valence-electron chi connectivity index (χ0n) is 47.0. The number of aromatic nitrogens is 1. The first-order valence-electron chi connectivity index (χ1n) is 25.1. The Morgan fingerprint density at radius 3 is 1.66 bits per heavy atom. The molecule has 0 amide bonds. The Kier molecular flexibility index (Phi) is 22.4. The van der Waals surface area contributed by atoms with E-state index in [1.165, 1.54) is 11.1 Å². The Morgan fingerprint density at radius 1 is 0.688 bits per heavy atom. The van der Waals surface area contributed by atoms with Gasteiger partial charge in [0.15, 0.2) is 33.3 Å². The highest BCUT2D eigenvalue weighted by molar-refractivity contribution is 6.75. The quantitative estimate of drug-likeness (QED) is 0.0718. The first kappa shape index (κ1) is 61.0. The highest BCUT2D eigenvalue weighted by Crippen LogP contribution is 2.46. The molecule has 1 aromatic heterocycles. The van der Waals surface area contributed by atoms with Gasteiger partial charge in [0.25, 0.3) is 0 Å². The molecule has 5 atom stereocenters. The van der Waals surface area contributed by atoms with E-state index in [0.29, 0.717) is 18.8 Å². The second-order valence-electron chi connectivity index (χ2n) is 26.3. The number of carbonyl (C=O) groups excluding carboxylic acids is 1. The molecular weight excluding hydrogens is 855 g/mol. The van der Waals surface area contributed by atoms with Crippen molar-refractivity contribution in [1.82, 2.24) is 4.98 Å². The van der Waals surface area contributed by atoms with Crippen molar-refractivity contribution in [2.75, 3.05) is 6.61 Å². The Bertz CT molecular complexity index is 1640. The summed E-state index contributed by atoms with van der Waals surface area (Å²) in [5.74, 6) is 0.270. The third-order valence-electron chi connectivity index (χ3n) is 16.2. The molecule has 1 heterocycles. The lowest BCUT2D eigenvalue weighted by molar-refractivity contribution is -0.142. The van der Waals surface area contributed by atoms with Gasteiger partial charge in [-0.2, -0.15) is 0 Å². The van der Waals surface area contributed by atoms with Crippen molar-refractivity contribution in [2.24, 2.45) is 17.3 Å². The third kappa shape index (κ3) is 17.8. The van der Waals surface area contributed by atoms with Gasteiger partial charge in [0, 0.05) is 24.1 Å². The van der Waals surface area contributed by atoms with Crippen molar-refractivity contribution in [3.05, 3.63) is 47.3 Å². The Labute approximate surface area is 402 Å². The lowest BCUT2D eigenvalue weighted by Gasteiger charge is -2.47. The molecule has 64 heavy (non-hydrogen) atoms. The van der Waals surface area contributed by atoms with Gasteiger partial charge in [-0.1, -0.05) is 135 Å². The van der Waals surface area contributed by atoms with E-state index in [1.807, 2.05) is 18.3 Å². The lowest BCUT2D eigenvalue weighted by atomic mass is 9.71. The minimum Gasteiger partial charge on any atom is -0.417 e. The van der Waals surface area contributed by atoms with Crippen LogP contribution in [0.15, 0.2) is 41.6 Å². The molecule has 0 radical (unpaired) electrons. The van der Waals surface area contributed by atoms with Gasteiger partial charge in [0.05, 0.1) is 24.0 Å². The molecule has 0 saturated carbocycles. The SMILES string of the molecule is CCC[C@@H](C(=O)C(C)(C)[C@H](CCO[Si](C)(C)C(C)(C)C)O[Si](C)(C)C(C)(C)C)[C@@H](O[Si](C)(C)C(C)(C)C)[C@@H](C)CCCC(C)=CC[C@H](O[Si](C)(C)C(C)(C)C)C(C)=Cc1ccccn1. The topological polar surface area (TPSA) is 66.9 Å². The number of rotatable bonds is 25. The van der Waals surface area contributed by atoms with Crippen molar-refractivity contribution in [2.45, 2.75) is 260 Å². The van der Waals surface area contributed by atoms with Crippen LogP contribution in [0.5, 0.6) is 0 Å². The molecular formula is C54H105NO5Si4. The molecule has 0 saturated heterocycles. The van der Waals surface area contributed by atoms with Gasteiger partial charge in [-0.25, -0.2) is 0 Å². The van der Waals surface area contributed by atoms with Gasteiger partial charge in [-0.05, 0) is 155 Å². The van der Waals surface area contributed by atoms with Crippen molar-refractivity contribution in [3.63, 3.8) is 0 Å². The van der Waals surface area contributed by atoms with E-state index in [0.717, 1.165) is 44.2 Å². The first-order valence-corrected chi connectivity index (χ1v) is 36.7. The molecule has 6 nitrogen and oxygen atoms in total. The van der Waals surface area contributed by atoms with Gasteiger partial charge in [0.2, 0.25) is 0 Å². The van der Waals surface area contributed by atoms with Crippen molar-refractivity contribution < 1.29 is 22.5 Å². The highest BCUT2D eigenvalue weighted by Gasteiger charge is 2.50. The van der Waals surface area contributed by atoms with E-state index < -0.39 is 38.7 Å². The molecule has 0 N–H and O–H groups in total. The normalized spacial score (nSPS) is 17.3. The molecule has 0 unspecified atom stereocenters. The van der Waals surface area contributed by atoms with Crippen LogP contribution in [-0.4, -0.2) is 69.0 Å². The van der Waals surface area contributed by atoms with Crippen LogP contribution in [0.2, 0.25) is 72.5 Å². The standard InChI is InChI=1S/C54H105NO5Si4/c1-27-31-45(49(56)54(17,18)47(59-63(23,24)52(11,12)13)37-39-57-61(19,20)50(5,6)7)48(60-64(25,26)53(14,15)16)42(3)33-30-32-41(2)35-36-46(58-62(21,22)51(8,9)10)43(4)40-44-34-28-29-38-55-44/h28-29,34-35,38,40,42,45-48H,27,30-33,36-37,39H2,1-26H3/t42-,45+,46-,47-,48-/m0/s1. The summed E-state index contributed by atoms with van der Waals surface area (Å²) in [7, 11) is -8.54. The van der Waals surface area contributed by atoms with E-state index in [9.17, 15) is 0 Å². The molecule has 0 spiro atoms. The van der Waals surface area contributed by atoms with Gasteiger partial charge >= 0.3 is 0 Å². The average molecular weight is 961 g/mol. The Hall–Kier alpha value is -0.992. The molecule has 372 valence electrons. The van der Waals surface area contributed by atoms with Gasteiger partial charge in [-0.15, -0.1) is 0 Å². The maximum atomic E-state index is 15.6. The molecule has 10 heteroatoms. The molecule has 0 aliphatic carbocycles. The van der Waals surface area contributed by atoms with Crippen LogP contribution < -0.4 is 0 Å². The van der Waals surface area contributed by atoms with Crippen molar-refractivity contribution in [1.29, 1.82) is 0 Å². The second-order valence-corrected chi connectivity index (χ2v) is 45.3.